The Morgan fingerprint density at radius 1 is 1.29 bits per heavy atom. The van der Waals surface area contributed by atoms with Gasteiger partial charge in [0.1, 0.15) is 0 Å². The van der Waals surface area contributed by atoms with Gasteiger partial charge in [0, 0.05) is 12.5 Å². The van der Waals surface area contributed by atoms with Crippen LogP contribution >= 0.6 is 0 Å². The van der Waals surface area contributed by atoms with Crippen molar-refractivity contribution in [3.63, 3.8) is 0 Å². The lowest BCUT2D eigenvalue weighted by atomic mass is 10.1. The van der Waals surface area contributed by atoms with Crippen LogP contribution in [0.2, 0.25) is 0 Å². The largest absolute Gasteiger partial charge is 0.370 e. The third-order valence-electron chi connectivity index (χ3n) is 3.24. The Bertz CT molecular complexity index is 197. The monoisotopic (exact) mass is 196 g/mol. The van der Waals surface area contributed by atoms with Gasteiger partial charge in [0.25, 0.3) is 0 Å². The van der Waals surface area contributed by atoms with Crippen LogP contribution in [0.15, 0.2) is 0 Å². The van der Waals surface area contributed by atoms with E-state index in [0.717, 1.165) is 30.8 Å². The molecular formula is C11H20N2O. The predicted octanol–water partition coefficient (Wildman–Crippen LogP) is 1.03. The second-order valence-electron chi connectivity index (χ2n) is 4.72. The summed E-state index contributed by atoms with van der Waals surface area (Å²) in [6, 6.07) is 0.753. The Morgan fingerprint density at radius 3 is 2.29 bits per heavy atom. The van der Waals surface area contributed by atoms with Crippen molar-refractivity contribution in [1.29, 1.82) is 0 Å². The molecule has 0 bridgehead atoms. The van der Waals surface area contributed by atoms with Crippen LogP contribution in [0.5, 0.6) is 0 Å². The maximum Gasteiger partial charge on any atom is 0.217 e. The van der Waals surface area contributed by atoms with Crippen LogP contribution in [0.4, 0.5) is 0 Å². The Labute approximate surface area is 85.4 Å². The van der Waals surface area contributed by atoms with Crippen LogP contribution in [0.3, 0.4) is 0 Å². The van der Waals surface area contributed by atoms with E-state index >= 15 is 0 Å². The molecule has 2 saturated carbocycles. The smallest absolute Gasteiger partial charge is 0.217 e. The summed E-state index contributed by atoms with van der Waals surface area (Å²) in [4.78, 5) is 10.5. The van der Waals surface area contributed by atoms with Crippen LogP contribution in [0.25, 0.3) is 0 Å². The van der Waals surface area contributed by atoms with E-state index in [1.807, 2.05) is 0 Å². The third-order valence-corrected chi connectivity index (χ3v) is 3.24. The van der Waals surface area contributed by atoms with Gasteiger partial charge in [-0.05, 0) is 50.5 Å². The molecular weight excluding hydrogens is 176 g/mol. The van der Waals surface area contributed by atoms with Crippen molar-refractivity contribution in [1.82, 2.24) is 5.32 Å². The molecule has 2 aliphatic rings. The molecule has 2 aliphatic carbocycles. The number of carbonyl (C=O) groups excluding carboxylic acids is 1. The summed E-state index contributed by atoms with van der Waals surface area (Å²) >= 11 is 0. The Balaban J connectivity index is 1.59. The quantitative estimate of drug-likeness (QED) is 0.597. The fraction of sp³-hybridized carbons (Fsp3) is 0.909. The van der Waals surface area contributed by atoms with Gasteiger partial charge >= 0.3 is 0 Å². The highest BCUT2D eigenvalue weighted by Crippen LogP contribution is 2.44. The molecule has 0 saturated heterocycles. The summed E-state index contributed by atoms with van der Waals surface area (Å²) < 4.78 is 0. The van der Waals surface area contributed by atoms with E-state index in [4.69, 9.17) is 5.73 Å². The molecule has 3 heteroatoms. The number of primary amides is 1. The number of hydrogen-bond acceptors (Lipinski definition) is 2. The van der Waals surface area contributed by atoms with Crippen LogP contribution in [-0.4, -0.2) is 18.5 Å². The van der Waals surface area contributed by atoms with Crippen molar-refractivity contribution in [2.45, 2.75) is 44.6 Å². The molecule has 0 unspecified atom stereocenters. The van der Waals surface area contributed by atoms with Gasteiger partial charge in [-0.1, -0.05) is 0 Å². The summed E-state index contributed by atoms with van der Waals surface area (Å²) in [6.45, 7) is 0.959. The number of amides is 1. The van der Waals surface area contributed by atoms with Gasteiger partial charge in [0.15, 0.2) is 0 Å². The average molecular weight is 196 g/mol. The molecule has 0 radical (unpaired) electrons. The standard InChI is InChI=1S/C11H20N2O/c12-10(14)2-1-7-13-11(8-3-4-8)9-5-6-9/h8-9,11,13H,1-7H2,(H2,12,14). The molecule has 80 valence electrons. The second-order valence-corrected chi connectivity index (χ2v) is 4.72. The van der Waals surface area contributed by atoms with Crippen LogP contribution in [0, 0.1) is 11.8 Å². The molecule has 0 aromatic heterocycles. The molecule has 1 amide bonds. The molecule has 0 aromatic carbocycles. The highest BCUT2D eigenvalue weighted by atomic mass is 16.1. The van der Waals surface area contributed by atoms with Crippen molar-refractivity contribution in [3.8, 4) is 0 Å². The van der Waals surface area contributed by atoms with E-state index in [0.29, 0.717) is 6.42 Å². The minimum Gasteiger partial charge on any atom is -0.370 e. The fourth-order valence-electron chi connectivity index (χ4n) is 2.16. The summed E-state index contributed by atoms with van der Waals surface area (Å²) in [5, 5.41) is 3.59. The van der Waals surface area contributed by atoms with Gasteiger partial charge < -0.3 is 11.1 Å². The first kappa shape index (κ1) is 9.97. The molecule has 3 N–H and O–H groups in total. The molecule has 3 nitrogen and oxygen atoms in total. The van der Waals surface area contributed by atoms with Gasteiger partial charge in [0.2, 0.25) is 5.91 Å². The molecule has 0 heterocycles. The normalized spacial score (nSPS) is 21.5. The van der Waals surface area contributed by atoms with E-state index < -0.39 is 0 Å². The minimum atomic E-state index is -0.179. The van der Waals surface area contributed by atoms with Gasteiger partial charge in [-0.15, -0.1) is 0 Å². The van der Waals surface area contributed by atoms with Crippen LogP contribution in [0.1, 0.15) is 38.5 Å². The van der Waals surface area contributed by atoms with E-state index in [-0.39, 0.29) is 5.91 Å². The molecule has 14 heavy (non-hydrogen) atoms. The minimum absolute atomic E-state index is 0.179. The number of nitrogens with two attached hydrogens (primary N) is 1. The molecule has 0 aliphatic heterocycles. The highest BCUT2D eigenvalue weighted by Gasteiger charge is 2.40. The van der Waals surface area contributed by atoms with Crippen molar-refractivity contribution in [2.24, 2.45) is 17.6 Å². The van der Waals surface area contributed by atoms with E-state index in [2.05, 4.69) is 5.32 Å². The lowest BCUT2D eigenvalue weighted by molar-refractivity contribution is -0.118. The lowest BCUT2D eigenvalue weighted by Crippen LogP contribution is -2.34. The predicted molar refractivity (Wildman–Crippen MR) is 55.7 cm³/mol. The number of hydrogen-bond donors (Lipinski definition) is 2. The van der Waals surface area contributed by atoms with E-state index in [1.165, 1.54) is 25.7 Å². The lowest BCUT2D eigenvalue weighted by Gasteiger charge is -2.17. The zero-order valence-electron chi connectivity index (χ0n) is 8.67. The molecule has 2 rings (SSSR count). The summed E-state index contributed by atoms with van der Waals surface area (Å²) in [6.07, 6.45) is 7.04. The maximum absolute atomic E-state index is 10.5. The zero-order valence-corrected chi connectivity index (χ0v) is 8.67. The Morgan fingerprint density at radius 2 is 1.86 bits per heavy atom. The topological polar surface area (TPSA) is 55.1 Å². The van der Waals surface area contributed by atoms with E-state index in [1.54, 1.807) is 0 Å². The van der Waals surface area contributed by atoms with Crippen molar-refractivity contribution >= 4 is 5.91 Å². The Kier molecular flexibility index (Phi) is 3.06. The van der Waals surface area contributed by atoms with Crippen LogP contribution in [-0.2, 0) is 4.79 Å². The Hall–Kier alpha value is -0.570. The van der Waals surface area contributed by atoms with Crippen molar-refractivity contribution < 1.29 is 4.79 Å². The van der Waals surface area contributed by atoms with Crippen molar-refractivity contribution in [2.75, 3.05) is 6.54 Å². The first-order valence-electron chi connectivity index (χ1n) is 5.79. The average Bonchev–Trinajstić information content (AvgIpc) is 2.99. The number of carbonyl (C=O) groups is 1. The van der Waals surface area contributed by atoms with Gasteiger partial charge in [0.05, 0.1) is 0 Å². The third kappa shape index (κ3) is 2.98. The maximum atomic E-state index is 10.5. The summed E-state index contributed by atoms with van der Waals surface area (Å²) in [5.74, 6) is 1.70. The molecule has 0 aromatic rings. The molecule has 0 spiro atoms. The summed E-state index contributed by atoms with van der Waals surface area (Å²) in [7, 11) is 0. The van der Waals surface area contributed by atoms with Crippen LogP contribution < -0.4 is 11.1 Å². The van der Waals surface area contributed by atoms with Gasteiger partial charge in [-0.25, -0.2) is 0 Å². The van der Waals surface area contributed by atoms with Gasteiger partial charge in [-0.2, -0.15) is 0 Å². The zero-order chi connectivity index (χ0) is 9.97. The molecule has 2 fully saturated rings. The van der Waals surface area contributed by atoms with Crippen molar-refractivity contribution in [3.05, 3.63) is 0 Å². The fourth-order valence-corrected chi connectivity index (χ4v) is 2.16. The van der Waals surface area contributed by atoms with E-state index in [9.17, 15) is 4.79 Å². The first-order chi connectivity index (χ1) is 6.77. The number of rotatable bonds is 7. The molecule has 0 atom stereocenters. The summed E-state index contributed by atoms with van der Waals surface area (Å²) in [5.41, 5.74) is 5.09. The highest BCUT2D eigenvalue weighted by molar-refractivity contribution is 5.73. The van der Waals surface area contributed by atoms with Gasteiger partial charge in [-0.3, -0.25) is 4.79 Å². The second kappa shape index (κ2) is 4.30. The first-order valence-corrected chi connectivity index (χ1v) is 5.79. The number of nitrogens with one attached hydrogen (secondary N) is 1. The SMILES string of the molecule is NC(=O)CCCNC(C1CC1)C1CC1.